The summed E-state index contributed by atoms with van der Waals surface area (Å²) in [6, 6.07) is 16.8. The first kappa shape index (κ1) is 19.8. The van der Waals surface area contributed by atoms with Gasteiger partial charge in [-0.15, -0.1) is 0 Å². The molecule has 0 aliphatic carbocycles. The van der Waals surface area contributed by atoms with Gasteiger partial charge in [-0.3, -0.25) is 4.79 Å². The Kier molecular flexibility index (Phi) is 5.93. The van der Waals surface area contributed by atoms with Gasteiger partial charge in [-0.05, 0) is 29.0 Å². The van der Waals surface area contributed by atoms with E-state index in [1.54, 1.807) is 0 Å². The van der Waals surface area contributed by atoms with E-state index < -0.39 is 0 Å². The minimum absolute atomic E-state index is 0.0101. The summed E-state index contributed by atoms with van der Waals surface area (Å²) >= 11 is 0. The van der Waals surface area contributed by atoms with Gasteiger partial charge < -0.3 is 9.84 Å². The Bertz CT molecular complexity index is 920. The normalized spacial score (nSPS) is 11.4. The lowest BCUT2D eigenvalue weighted by Gasteiger charge is -2.19. The van der Waals surface area contributed by atoms with Gasteiger partial charge in [-0.25, -0.2) is 0 Å². The van der Waals surface area contributed by atoms with Gasteiger partial charge in [0, 0.05) is 24.9 Å². The monoisotopic (exact) mass is 377 g/mol. The standard InChI is InChI=1S/C23H27N3O2/c1-5-24-20(27)14-15-21-25-22(26-28-21)18-8-6-16(7-9-18)17-10-12-19(13-11-17)23(2,3)4/h6-13H,5,14-15H2,1-4H3,(H,24,27). The molecule has 3 aromatic rings. The van der Waals surface area contributed by atoms with Crippen LogP contribution < -0.4 is 5.32 Å². The summed E-state index contributed by atoms with van der Waals surface area (Å²) in [4.78, 5) is 15.9. The fraction of sp³-hybridized carbons (Fsp3) is 0.348. The van der Waals surface area contributed by atoms with Crippen molar-refractivity contribution in [2.24, 2.45) is 0 Å². The second-order valence-electron chi connectivity index (χ2n) is 7.87. The molecule has 1 amide bonds. The molecule has 0 unspecified atom stereocenters. The molecule has 0 aliphatic rings. The topological polar surface area (TPSA) is 68.0 Å². The van der Waals surface area contributed by atoms with Crippen molar-refractivity contribution in [3.63, 3.8) is 0 Å². The SMILES string of the molecule is CCNC(=O)CCc1nc(-c2ccc(-c3ccc(C(C)(C)C)cc3)cc2)no1. The first-order chi connectivity index (χ1) is 13.4. The van der Waals surface area contributed by atoms with Crippen LogP contribution in [0.15, 0.2) is 53.1 Å². The summed E-state index contributed by atoms with van der Waals surface area (Å²) in [5.41, 5.74) is 4.68. The molecule has 0 radical (unpaired) electrons. The van der Waals surface area contributed by atoms with Crippen LogP contribution in [0.4, 0.5) is 0 Å². The molecular formula is C23H27N3O2. The zero-order valence-electron chi connectivity index (χ0n) is 17.0. The number of benzene rings is 2. The third kappa shape index (κ3) is 4.85. The van der Waals surface area contributed by atoms with E-state index >= 15 is 0 Å². The third-order valence-corrected chi connectivity index (χ3v) is 4.64. The Morgan fingerprint density at radius 3 is 2.11 bits per heavy atom. The fourth-order valence-corrected chi connectivity index (χ4v) is 2.95. The lowest BCUT2D eigenvalue weighted by Crippen LogP contribution is -2.22. The molecule has 0 spiro atoms. The maximum Gasteiger partial charge on any atom is 0.227 e. The van der Waals surface area contributed by atoms with Crippen LogP contribution in [0.5, 0.6) is 0 Å². The quantitative estimate of drug-likeness (QED) is 0.672. The first-order valence-corrected chi connectivity index (χ1v) is 9.67. The maximum absolute atomic E-state index is 11.5. The number of carbonyl (C=O) groups excluding carboxylic acids is 1. The van der Waals surface area contributed by atoms with Crippen LogP contribution in [0.25, 0.3) is 22.5 Å². The predicted octanol–water partition coefficient (Wildman–Crippen LogP) is 4.77. The van der Waals surface area contributed by atoms with Crippen molar-refractivity contribution in [1.29, 1.82) is 0 Å². The second kappa shape index (κ2) is 8.38. The smallest absolute Gasteiger partial charge is 0.227 e. The number of hydrogen-bond donors (Lipinski definition) is 1. The molecule has 1 aromatic heterocycles. The summed E-state index contributed by atoms with van der Waals surface area (Å²) in [5, 5.41) is 6.79. The number of nitrogens with zero attached hydrogens (tertiary/aromatic N) is 2. The molecule has 0 aliphatic heterocycles. The van der Waals surface area contributed by atoms with Crippen molar-refractivity contribution >= 4 is 5.91 Å². The van der Waals surface area contributed by atoms with E-state index in [1.165, 1.54) is 11.1 Å². The van der Waals surface area contributed by atoms with Gasteiger partial charge in [0.05, 0.1) is 0 Å². The maximum atomic E-state index is 11.5. The zero-order chi connectivity index (χ0) is 20.1. The van der Waals surface area contributed by atoms with Crippen LogP contribution in [-0.4, -0.2) is 22.6 Å². The molecule has 2 aromatic carbocycles. The summed E-state index contributed by atoms with van der Waals surface area (Å²) in [7, 11) is 0. The van der Waals surface area contributed by atoms with Crippen molar-refractivity contribution in [3.8, 4) is 22.5 Å². The molecule has 1 heterocycles. The molecule has 28 heavy (non-hydrogen) atoms. The fourth-order valence-electron chi connectivity index (χ4n) is 2.95. The molecule has 0 saturated carbocycles. The van der Waals surface area contributed by atoms with Gasteiger partial charge in [0.1, 0.15) is 0 Å². The Hall–Kier alpha value is -2.95. The van der Waals surface area contributed by atoms with E-state index in [1.807, 2.05) is 19.1 Å². The molecule has 0 atom stereocenters. The van der Waals surface area contributed by atoms with E-state index in [0.717, 1.165) is 11.1 Å². The summed E-state index contributed by atoms with van der Waals surface area (Å²) in [5.74, 6) is 1.01. The summed E-state index contributed by atoms with van der Waals surface area (Å²) < 4.78 is 5.27. The van der Waals surface area contributed by atoms with Crippen LogP contribution in [0.3, 0.4) is 0 Å². The summed E-state index contributed by atoms with van der Waals surface area (Å²) in [6.07, 6.45) is 0.788. The summed E-state index contributed by atoms with van der Waals surface area (Å²) in [6.45, 7) is 9.16. The van der Waals surface area contributed by atoms with E-state index in [9.17, 15) is 4.79 Å². The van der Waals surface area contributed by atoms with Gasteiger partial charge in [0.2, 0.25) is 17.6 Å². The Morgan fingerprint density at radius 2 is 1.54 bits per heavy atom. The van der Waals surface area contributed by atoms with Gasteiger partial charge >= 0.3 is 0 Å². The van der Waals surface area contributed by atoms with Gasteiger partial charge in [0.15, 0.2) is 0 Å². The zero-order valence-corrected chi connectivity index (χ0v) is 17.0. The molecule has 5 heteroatoms. The number of aromatic nitrogens is 2. The van der Waals surface area contributed by atoms with Crippen LogP contribution in [0, 0.1) is 0 Å². The largest absolute Gasteiger partial charge is 0.356 e. The first-order valence-electron chi connectivity index (χ1n) is 9.67. The number of aryl methyl sites for hydroxylation is 1. The minimum Gasteiger partial charge on any atom is -0.356 e. The van der Waals surface area contributed by atoms with Crippen LogP contribution >= 0.6 is 0 Å². The van der Waals surface area contributed by atoms with Crippen molar-refractivity contribution < 1.29 is 9.32 Å². The van der Waals surface area contributed by atoms with E-state index in [-0.39, 0.29) is 11.3 Å². The third-order valence-electron chi connectivity index (χ3n) is 4.64. The van der Waals surface area contributed by atoms with Gasteiger partial charge in [-0.2, -0.15) is 4.98 Å². The lowest BCUT2D eigenvalue weighted by molar-refractivity contribution is -0.121. The molecule has 0 saturated heterocycles. The van der Waals surface area contributed by atoms with E-state index in [2.05, 4.69) is 72.6 Å². The predicted molar refractivity (Wildman–Crippen MR) is 111 cm³/mol. The Labute approximate surface area is 166 Å². The molecule has 5 nitrogen and oxygen atoms in total. The van der Waals surface area contributed by atoms with Gasteiger partial charge in [0.25, 0.3) is 0 Å². The highest BCUT2D eigenvalue weighted by molar-refractivity contribution is 5.76. The van der Waals surface area contributed by atoms with Crippen LogP contribution in [0.1, 0.15) is 45.6 Å². The van der Waals surface area contributed by atoms with Crippen molar-refractivity contribution in [2.75, 3.05) is 6.54 Å². The van der Waals surface area contributed by atoms with E-state index in [4.69, 9.17) is 4.52 Å². The lowest BCUT2D eigenvalue weighted by atomic mass is 9.86. The number of carbonyl (C=O) groups is 1. The molecule has 1 N–H and O–H groups in total. The molecule has 3 rings (SSSR count). The number of amides is 1. The Morgan fingerprint density at radius 1 is 0.964 bits per heavy atom. The van der Waals surface area contributed by atoms with Crippen LogP contribution in [-0.2, 0) is 16.6 Å². The number of hydrogen-bond acceptors (Lipinski definition) is 4. The Balaban J connectivity index is 1.68. The highest BCUT2D eigenvalue weighted by Gasteiger charge is 2.13. The van der Waals surface area contributed by atoms with Gasteiger partial charge in [-0.1, -0.05) is 74.5 Å². The highest BCUT2D eigenvalue weighted by Crippen LogP contribution is 2.27. The molecule has 0 fully saturated rings. The minimum atomic E-state index is -0.0101. The number of rotatable bonds is 6. The van der Waals surface area contributed by atoms with Crippen molar-refractivity contribution in [2.45, 2.75) is 46.0 Å². The molecule has 0 bridgehead atoms. The van der Waals surface area contributed by atoms with Crippen LogP contribution in [0.2, 0.25) is 0 Å². The highest BCUT2D eigenvalue weighted by atomic mass is 16.5. The van der Waals surface area contributed by atoms with E-state index in [0.29, 0.717) is 31.1 Å². The molecular weight excluding hydrogens is 350 g/mol. The van der Waals surface area contributed by atoms with Crippen molar-refractivity contribution in [3.05, 3.63) is 60.0 Å². The average molecular weight is 377 g/mol. The van der Waals surface area contributed by atoms with Crippen molar-refractivity contribution in [1.82, 2.24) is 15.5 Å². The molecule has 146 valence electrons. The average Bonchev–Trinajstić information content (AvgIpc) is 3.15. The second-order valence-corrected chi connectivity index (χ2v) is 7.87. The number of nitrogens with one attached hydrogen (secondary N) is 1.